The van der Waals surface area contributed by atoms with E-state index in [2.05, 4.69) is 15.5 Å². The molecule has 0 aliphatic heterocycles. The van der Waals surface area contributed by atoms with Crippen molar-refractivity contribution in [2.75, 3.05) is 6.54 Å². The van der Waals surface area contributed by atoms with Gasteiger partial charge in [0.25, 0.3) is 11.5 Å². The van der Waals surface area contributed by atoms with E-state index in [1.807, 2.05) is 30.3 Å². The Morgan fingerprint density at radius 1 is 1.16 bits per heavy atom. The van der Waals surface area contributed by atoms with Gasteiger partial charge < -0.3 is 9.73 Å². The van der Waals surface area contributed by atoms with Crippen molar-refractivity contribution in [2.45, 2.75) is 13.5 Å². The van der Waals surface area contributed by atoms with Gasteiger partial charge in [0, 0.05) is 24.7 Å². The third-order valence-electron chi connectivity index (χ3n) is 6.23. The predicted octanol–water partition coefficient (Wildman–Crippen LogP) is 4.40. The van der Waals surface area contributed by atoms with Gasteiger partial charge in [0.1, 0.15) is 11.3 Å². The first-order chi connectivity index (χ1) is 17.8. The minimum Gasteiger partial charge on any atom is -0.463 e. The number of fused-ring (bicyclic) bond motifs is 1. The monoisotopic (exact) mass is 503 g/mol. The van der Waals surface area contributed by atoms with E-state index in [1.165, 1.54) is 15.4 Å². The van der Waals surface area contributed by atoms with Gasteiger partial charge in [0.15, 0.2) is 17.4 Å². The lowest BCUT2D eigenvalue weighted by molar-refractivity contribution is 0.0956. The van der Waals surface area contributed by atoms with Crippen molar-refractivity contribution in [1.29, 1.82) is 0 Å². The molecule has 5 rings (SSSR count). The molecule has 0 spiro atoms. The summed E-state index contributed by atoms with van der Waals surface area (Å²) >= 11 is 0. The van der Waals surface area contributed by atoms with E-state index in [-0.39, 0.29) is 18.7 Å². The molecule has 3 heterocycles. The van der Waals surface area contributed by atoms with Gasteiger partial charge in [0.05, 0.1) is 18.3 Å². The van der Waals surface area contributed by atoms with Crippen LogP contribution in [-0.2, 0) is 13.6 Å². The van der Waals surface area contributed by atoms with E-state index in [0.29, 0.717) is 17.0 Å². The maximum Gasteiger partial charge on any atom is 0.280 e. The van der Waals surface area contributed by atoms with Crippen LogP contribution >= 0.6 is 0 Å². The van der Waals surface area contributed by atoms with Crippen LogP contribution in [0, 0.1) is 18.6 Å². The highest BCUT2D eigenvalue weighted by molar-refractivity contribution is 5.95. The van der Waals surface area contributed by atoms with Crippen molar-refractivity contribution in [2.24, 2.45) is 7.05 Å². The molecule has 0 radical (unpaired) electrons. The molecule has 10 heteroatoms. The molecule has 3 aromatic heterocycles. The van der Waals surface area contributed by atoms with Crippen LogP contribution in [0.15, 0.2) is 70.1 Å². The van der Waals surface area contributed by atoms with E-state index in [9.17, 15) is 18.4 Å². The Balaban J connectivity index is 1.26. The molecule has 0 aliphatic carbocycles. The maximum absolute atomic E-state index is 13.6. The Morgan fingerprint density at radius 2 is 2.00 bits per heavy atom. The summed E-state index contributed by atoms with van der Waals surface area (Å²) in [6.45, 7) is 1.86. The first kappa shape index (κ1) is 24.0. The molecule has 2 N–H and O–H groups in total. The number of hydrogen-bond donors (Lipinski definition) is 2. The summed E-state index contributed by atoms with van der Waals surface area (Å²) < 4.78 is 35.1. The molecule has 5 aromatic rings. The van der Waals surface area contributed by atoms with Crippen LogP contribution < -0.4 is 10.9 Å². The van der Waals surface area contributed by atoms with Crippen molar-refractivity contribution >= 4 is 22.9 Å². The number of nitrogens with zero attached hydrogens (tertiary/aromatic N) is 3. The first-order valence-corrected chi connectivity index (χ1v) is 11.5. The van der Waals surface area contributed by atoms with E-state index in [1.54, 1.807) is 32.4 Å². The maximum atomic E-state index is 13.6. The van der Waals surface area contributed by atoms with Crippen LogP contribution in [0.3, 0.4) is 0 Å². The second-order valence-corrected chi connectivity index (χ2v) is 8.56. The second-order valence-electron chi connectivity index (χ2n) is 8.56. The first-order valence-electron chi connectivity index (χ1n) is 11.5. The molecule has 2 aromatic carbocycles. The van der Waals surface area contributed by atoms with Crippen molar-refractivity contribution in [1.82, 2.24) is 24.9 Å². The smallest absolute Gasteiger partial charge is 0.280 e. The van der Waals surface area contributed by atoms with Gasteiger partial charge in [-0.2, -0.15) is 5.10 Å². The highest BCUT2D eigenvalue weighted by atomic mass is 19.2. The summed E-state index contributed by atoms with van der Waals surface area (Å²) in [5.74, 6) is -1.79. The molecule has 37 heavy (non-hydrogen) atoms. The lowest BCUT2D eigenvalue weighted by Gasteiger charge is -2.08. The number of benzene rings is 2. The van der Waals surface area contributed by atoms with Gasteiger partial charge in [0.2, 0.25) is 0 Å². The number of amides is 1. The Labute approximate surface area is 209 Å². The summed E-state index contributed by atoms with van der Waals surface area (Å²) in [4.78, 5) is 25.8. The zero-order chi connectivity index (χ0) is 26.1. The summed E-state index contributed by atoms with van der Waals surface area (Å²) in [6.07, 6.45) is 5.23. The lowest BCUT2D eigenvalue weighted by atomic mass is 10.1. The molecule has 188 valence electrons. The summed E-state index contributed by atoms with van der Waals surface area (Å²) in [7, 11) is 1.64. The molecule has 0 atom stereocenters. The number of halogens is 2. The fraction of sp³-hybridized carbons (Fsp3) is 0.148. The van der Waals surface area contributed by atoms with Crippen LogP contribution in [0.1, 0.15) is 27.2 Å². The van der Waals surface area contributed by atoms with Gasteiger partial charge in [-0.05, 0) is 54.4 Å². The largest absolute Gasteiger partial charge is 0.463 e. The van der Waals surface area contributed by atoms with Crippen molar-refractivity contribution < 1.29 is 18.0 Å². The molecule has 1 amide bonds. The predicted molar refractivity (Wildman–Crippen MR) is 135 cm³/mol. The Hall–Kier alpha value is -4.73. The third kappa shape index (κ3) is 4.61. The minimum atomic E-state index is -0.995. The molecule has 0 fully saturated rings. The molecule has 0 saturated carbocycles. The number of aromatic nitrogens is 4. The SMILES string of the molecule is Cc1c(C(=O)NC/C=C\c2ccc3c(-c4ccco4)n[nH]c3c2)c(=O)n(Cc2ccc(F)c(F)c2)n1C. The van der Waals surface area contributed by atoms with Gasteiger partial charge in [-0.1, -0.05) is 24.3 Å². The molecule has 0 saturated heterocycles. The third-order valence-corrected chi connectivity index (χ3v) is 6.23. The summed E-state index contributed by atoms with van der Waals surface area (Å²) in [6, 6.07) is 12.9. The standard InChI is InChI=1S/C27H23F2N5O3/c1-16-24(27(36)34(33(16)2)15-18-8-10-20(28)21(29)13-18)26(35)30-11-3-5-17-7-9-19-22(14-17)31-32-25(19)23-6-4-12-37-23/h3-10,12-14H,11,15H2,1-2H3,(H,30,35)(H,31,32)/b5-3-. The number of rotatable bonds is 7. The number of hydrogen-bond acceptors (Lipinski definition) is 4. The van der Waals surface area contributed by atoms with Crippen molar-refractivity contribution in [3.8, 4) is 11.5 Å². The Bertz CT molecular complexity index is 1690. The second kappa shape index (κ2) is 9.73. The molecule has 0 unspecified atom stereocenters. The molecular formula is C27H23F2N5O3. The van der Waals surface area contributed by atoms with Crippen LogP contribution in [0.4, 0.5) is 8.78 Å². The van der Waals surface area contributed by atoms with E-state index >= 15 is 0 Å². The zero-order valence-corrected chi connectivity index (χ0v) is 20.1. The fourth-order valence-electron chi connectivity index (χ4n) is 4.19. The number of aromatic amines is 1. The average Bonchev–Trinajstić information content (AvgIpc) is 3.60. The molecule has 0 bridgehead atoms. The highest BCUT2D eigenvalue weighted by Crippen LogP contribution is 2.27. The number of furan rings is 1. The van der Waals surface area contributed by atoms with Gasteiger partial charge in [-0.3, -0.25) is 19.4 Å². The lowest BCUT2D eigenvalue weighted by Crippen LogP contribution is -2.31. The number of carbonyl (C=O) groups excluding carboxylic acids is 1. The van der Waals surface area contributed by atoms with E-state index < -0.39 is 23.1 Å². The van der Waals surface area contributed by atoms with E-state index in [4.69, 9.17) is 4.42 Å². The van der Waals surface area contributed by atoms with Crippen LogP contribution in [-0.4, -0.2) is 32.0 Å². The van der Waals surface area contributed by atoms with Crippen LogP contribution in [0.2, 0.25) is 0 Å². The van der Waals surface area contributed by atoms with Crippen LogP contribution in [0.5, 0.6) is 0 Å². The summed E-state index contributed by atoms with van der Waals surface area (Å²) in [5, 5.41) is 11.0. The number of H-pyrrole nitrogens is 1. The molecular weight excluding hydrogens is 480 g/mol. The number of nitrogens with one attached hydrogen (secondary N) is 2. The highest BCUT2D eigenvalue weighted by Gasteiger charge is 2.21. The Morgan fingerprint density at radius 3 is 2.76 bits per heavy atom. The Kier molecular flexibility index (Phi) is 6.31. The fourth-order valence-corrected chi connectivity index (χ4v) is 4.19. The molecule has 8 nitrogen and oxygen atoms in total. The van der Waals surface area contributed by atoms with Crippen molar-refractivity contribution in [3.05, 3.63) is 105 Å². The normalized spacial score (nSPS) is 11.6. The van der Waals surface area contributed by atoms with Crippen LogP contribution in [0.25, 0.3) is 28.4 Å². The van der Waals surface area contributed by atoms with E-state index in [0.717, 1.165) is 34.3 Å². The van der Waals surface area contributed by atoms with Crippen molar-refractivity contribution in [3.63, 3.8) is 0 Å². The molecule has 0 aliphatic rings. The number of carbonyl (C=O) groups is 1. The minimum absolute atomic E-state index is 0.00172. The topological polar surface area (TPSA) is 97.9 Å². The quantitative estimate of drug-likeness (QED) is 0.344. The van der Waals surface area contributed by atoms with Gasteiger partial charge in [-0.15, -0.1) is 0 Å². The zero-order valence-electron chi connectivity index (χ0n) is 20.1. The summed E-state index contributed by atoms with van der Waals surface area (Å²) in [5.41, 5.74) is 2.84. The van der Waals surface area contributed by atoms with Gasteiger partial charge >= 0.3 is 0 Å². The average molecular weight is 504 g/mol. The van der Waals surface area contributed by atoms with Gasteiger partial charge in [-0.25, -0.2) is 13.5 Å².